The van der Waals surface area contributed by atoms with Gasteiger partial charge in [-0.15, -0.1) is 11.3 Å². The molecule has 3 heterocycles. The molecule has 11 aromatic rings. The van der Waals surface area contributed by atoms with Crippen molar-refractivity contribution in [2.45, 2.75) is 0 Å². The molecule has 0 saturated carbocycles. The summed E-state index contributed by atoms with van der Waals surface area (Å²) in [6.07, 6.45) is 0. The van der Waals surface area contributed by atoms with Crippen molar-refractivity contribution in [1.29, 1.82) is 0 Å². The van der Waals surface area contributed by atoms with E-state index in [4.69, 9.17) is 4.42 Å². The fourth-order valence-corrected chi connectivity index (χ4v) is 9.30. The van der Waals surface area contributed by atoms with Gasteiger partial charge in [-0.2, -0.15) is 0 Å². The quantitative estimate of drug-likeness (QED) is 0.183. The van der Waals surface area contributed by atoms with Crippen LogP contribution in [-0.2, 0) is 0 Å². The van der Waals surface area contributed by atoms with Crippen LogP contribution in [-0.4, -0.2) is 4.57 Å². The van der Waals surface area contributed by atoms with Crippen molar-refractivity contribution in [3.63, 3.8) is 0 Å². The average molecular weight is 668 g/mol. The highest BCUT2D eigenvalue weighted by Gasteiger charge is 2.21. The number of furan rings is 1. The highest BCUT2D eigenvalue weighted by Crippen LogP contribution is 2.46. The lowest BCUT2D eigenvalue weighted by Gasteiger charge is -2.09. The number of hydrogen-bond donors (Lipinski definition) is 0. The number of nitrogens with zero attached hydrogens (tertiary/aromatic N) is 1. The third kappa shape index (κ3) is 4.29. The van der Waals surface area contributed by atoms with Crippen LogP contribution in [0, 0.1) is 0 Å². The second-order valence-electron chi connectivity index (χ2n) is 13.3. The highest BCUT2D eigenvalue weighted by atomic mass is 32.1. The molecule has 51 heavy (non-hydrogen) atoms. The van der Waals surface area contributed by atoms with Crippen molar-refractivity contribution in [2.24, 2.45) is 0 Å². The van der Waals surface area contributed by atoms with E-state index in [1.54, 1.807) is 0 Å². The summed E-state index contributed by atoms with van der Waals surface area (Å²) in [6.45, 7) is 0. The molecule has 11 rings (SSSR count). The summed E-state index contributed by atoms with van der Waals surface area (Å²) in [5, 5.41) is 7.28. The predicted molar refractivity (Wildman–Crippen MR) is 217 cm³/mol. The van der Waals surface area contributed by atoms with Gasteiger partial charge in [-0.1, -0.05) is 140 Å². The third-order valence-corrected chi connectivity index (χ3v) is 11.6. The Morgan fingerprint density at radius 3 is 1.92 bits per heavy atom. The molecule has 0 spiro atoms. The lowest BCUT2D eigenvalue weighted by atomic mass is 9.95. The van der Waals surface area contributed by atoms with Crippen molar-refractivity contribution < 1.29 is 4.42 Å². The lowest BCUT2D eigenvalue weighted by Crippen LogP contribution is -1.94. The Balaban J connectivity index is 1.22. The molecule has 0 fully saturated rings. The molecule has 0 amide bonds. The van der Waals surface area contributed by atoms with Gasteiger partial charge < -0.3 is 8.98 Å². The van der Waals surface area contributed by atoms with E-state index in [9.17, 15) is 0 Å². The van der Waals surface area contributed by atoms with E-state index in [0.29, 0.717) is 0 Å². The summed E-state index contributed by atoms with van der Waals surface area (Å²) in [6, 6.07) is 63.5. The number of fused-ring (bicyclic) bond motifs is 9. The van der Waals surface area contributed by atoms with E-state index in [1.165, 1.54) is 53.2 Å². The Morgan fingerprint density at radius 2 is 1.06 bits per heavy atom. The molecule has 0 radical (unpaired) electrons. The lowest BCUT2D eigenvalue weighted by molar-refractivity contribution is 0.667. The van der Waals surface area contributed by atoms with Gasteiger partial charge in [0.1, 0.15) is 5.58 Å². The minimum atomic E-state index is 0.884. The van der Waals surface area contributed by atoms with Gasteiger partial charge in [-0.25, -0.2) is 0 Å². The Bertz CT molecular complexity index is 3130. The van der Waals surface area contributed by atoms with Crippen LogP contribution >= 0.6 is 11.3 Å². The molecule has 0 aliphatic heterocycles. The molecule has 8 aromatic carbocycles. The number of thiophene rings is 1. The molecule has 3 heteroatoms. The Morgan fingerprint density at radius 1 is 0.373 bits per heavy atom. The van der Waals surface area contributed by atoms with Crippen LogP contribution in [0.2, 0.25) is 0 Å². The van der Waals surface area contributed by atoms with Gasteiger partial charge >= 0.3 is 0 Å². The zero-order valence-electron chi connectivity index (χ0n) is 27.5. The predicted octanol–water partition coefficient (Wildman–Crippen LogP) is 14.1. The van der Waals surface area contributed by atoms with Gasteiger partial charge in [0, 0.05) is 47.3 Å². The molecule has 0 atom stereocenters. The summed E-state index contributed by atoms with van der Waals surface area (Å²) >= 11 is 1.87. The van der Waals surface area contributed by atoms with E-state index >= 15 is 0 Å². The molecule has 0 aliphatic carbocycles. The van der Waals surface area contributed by atoms with E-state index < -0.39 is 0 Å². The van der Waals surface area contributed by atoms with Gasteiger partial charge in [-0.05, 0) is 64.2 Å². The van der Waals surface area contributed by atoms with Crippen LogP contribution in [0.1, 0.15) is 0 Å². The van der Waals surface area contributed by atoms with Crippen LogP contribution in [0.3, 0.4) is 0 Å². The zero-order valence-corrected chi connectivity index (χ0v) is 28.3. The normalized spacial score (nSPS) is 11.9. The summed E-state index contributed by atoms with van der Waals surface area (Å²) < 4.78 is 12.1. The Labute approximate surface area is 298 Å². The van der Waals surface area contributed by atoms with Crippen molar-refractivity contribution in [3.8, 4) is 39.1 Å². The highest BCUT2D eigenvalue weighted by molar-refractivity contribution is 7.26. The maximum absolute atomic E-state index is 7.11. The van der Waals surface area contributed by atoms with Gasteiger partial charge in [-0.3, -0.25) is 0 Å². The van der Waals surface area contributed by atoms with Crippen molar-refractivity contribution >= 4 is 75.3 Å². The van der Waals surface area contributed by atoms with E-state index in [2.05, 4.69) is 180 Å². The zero-order chi connectivity index (χ0) is 33.5. The van der Waals surface area contributed by atoms with Gasteiger partial charge in [0.15, 0.2) is 5.58 Å². The summed E-state index contributed by atoms with van der Waals surface area (Å²) in [5.41, 5.74) is 12.2. The van der Waals surface area contributed by atoms with Crippen molar-refractivity contribution in [2.75, 3.05) is 0 Å². The largest absolute Gasteiger partial charge is 0.453 e. The molecule has 0 unspecified atom stereocenters. The van der Waals surface area contributed by atoms with Crippen LogP contribution in [0.25, 0.3) is 103 Å². The first-order chi connectivity index (χ1) is 25.3. The van der Waals surface area contributed by atoms with Gasteiger partial charge in [0.25, 0.3) is 0 Å². The SMILES string of the molecule is c1ccc(-c2ccc3c4ccccc4n(-c4cccc5c4oc4c(-c6ccccc6)cc(-c6cccc7c6sc6ccccc67)cc45)c3c2)cc1. The van der Waals surface area contributed by atoms with E-state index in [1.807, 2.05) is 11.3 Å². The first kappa shape index (κ1) is 28.4. The number of rotatable bonds is 4. The topological polar surface area (TPSA) is 18.1 Å². The standard InChI is InChI=1S/C48H29NOS/c1-3-13-30(14-4-1)32-25-26-36-35-17-7-9-22-42(35)49(44(36)29-32)43-23-12-20-38-41-28-33(27-40(46(41)50-47(38)43)31-15-5-2-6-16-31)34-19-11-21-39-37-18-8-10-24-45(37)51-48(34)39/h1-29H. The van der Waals surface area contributed by atoms with Crippen molar-refractivity contribution in [3.05, 3.63) is 176 Å². The summed E-state index contributed by atoms with van der Waals surface area (Å²) in [7, 11) is 0. The Hall–Kier alpha value is -6.42. The fraction of sp³-hybridized carbons (Fsp3) is 0. The molecule has 3 aromatic heterocycles. The summed E-state index contributed by atoms with van der Waals surface area (Å²) in [5.74, 6) is 0. The van der Waals surface area contributed by atoms with Crippen LogP contribution in [0.4, 0.5) is 0 Å². The second kappa shape index (κ2) is 11.0. The summed E-state index contributed by atoms with van der Waals surface area (Å²) in [4.78, 5) is 0. The smallest absolute Gasteiger partial charge is 0.159 e. The molecule has 0 saturated heterocycles. The number of para-hydroxylation sites is 2. The fourth-order valence-electron chi connectivity index (χ4n) is 8.06. The monoisotopic (exact) mass is 667 g/mol. The first-order valence-electron chi connectivity index (χ1n) is 17.3. The van der Waals surface area contributed by atoms with Crippen molar-refractivity contribution in [1.82, 2.24) is 4.57 Å². The minimum absolute atomic E-state index is 0.884. The maximum atomic E-state index is 7.11. The average Bonchev–Trinajstić information content (AvgIpc) is 3.88. The maximum Gasteiger partial charge on any atom is 0.159 e. The Kier molecular flexibility index (Phi) is 6.16. The van der Waals surface area contributed by atoms with E-state index in [-0.39, 0.29) is 0 Å². The molecule has 238 valence electrons. The molecular weight excluding hydrogens is 639 g/mol. The molecule has 0 aliphatic rings. The molecular formula is C48H29NOS. The number of aromatic nitrogens is 1. The number of hydrogen-bond acceptors (Lipinski definition) is 2. The minimum Gasteiger partial charge on any atom is -0.453 e. The molecule has 0 N–H and O–H groups in total. The second-order valence-corrected chi connectivity index (χ2v) is 14.3. The van der Waals surface area contributed by atoms with Crippen LogP contribution in [0.15, 0.2) is 180 Å². The third-order valence-electron chi connectivity index (χ3n) is 10.4. The first-order valence-corrected chi connectivity index (χ1v) is 18.2. The van der Waals surface area contributed by atoms with Gasteiger partial charge in [0.2, 0.25) is 0 Å². The molecule has 2 nitrogen and oxygen atoms in total. The van der Waals surface area contributed by atoms with Crippen LogP contribution in [0.5, 0.6) is 0 Å². The molecule has 0 bridgehead atoms. The van der Waals surface area contributed by atoms with Crippen LogP contribution < -0.4 is 0 Å². The van der Waals surface area contributed by atoms with E-state index in [0.717, 1.165) is 49.8 Å². The number of benzene rings is 8. The van der Waals surface area contributed by atoms with Gasteiger partial charge in [0.05, 0.1) is 16.7 Å².